The van der Waals surface area contributed by atoms with Gasteiger partial charge in [-0.15, -0.1) is 0 Å². The lowest BCUT2D eigenvalue weighted by Gasteiger charge is -2.18. The van der Waals surface area contributed by atoms with Gasteiger partial charge in [-0.2, -0.15) is 0 Å². The minimum atomic E-state index is -3.06. The van der Waals surface area contributed by atoms with Gasteiger partial charge < -0.3 is 10.5 Å². The Balaban J connectivity index is 3.43. The lowest BCUT2D eigenvalue weighted by atomic mass is 9.97. The average Bonchev–Trinajstić information content (AvgIpc) is 2.27. The maximum atomic E-state index is 13.5. The highest BCUT2D eigenvalue weighted by molar-refractivity contribution is 5.99. The van der Waals surface area contributed by atoms with Crippen molar-refractivity contribution in [3.63, 3.8) is 0 Å². The van der Waals surface area contributed by atoms with Gasteiger partial charge in [0.25, 0.3) is 5.92 Å². The van der Waals surface area contributed by atoms with Gasteiger partial charge in [0.05, 0.1) is 18.2 Å². The number of carbonyl (C=O) groups excluding carboxylic acids is 1. The van der Waals surface area contributed by atoms with Gasteiger partial charge in [0.15, 0.2) is 5.78 Å². The van der Waals surface area contributed by atoms with E-state index in [1.807, 2.05) is 0 Å². The van der Waals surface area contributed by atoms with E-state index < -0.39 is 5.92 Å². The largest absolute Gasteiger partial charge is 0.495 e. The van der Waals surface area contributed by atoms with Gasteiger partial charge in [0.1, 0.15) is 5.75 Å². The molecule has 0 saturated heterocycles. The molecule has 0 unspecified atom stereocenters. The number of alkyl halides is 2. The van der Waals surface area contributed by atoms with Crippen LogP contribution in [0.2, 0.25) is 0 Å². The lowest BCUT2D eigenvalue weighted by molar-refractivity contribution is 0.0149. The molecule has 1 rings (SSSR count). The molecule has 0 aromatic heterocycles. The van der Waals surface area contributed by atoms with E-state index in [4.69, 9.17) is 10.5 Å². The van der Waals surface area contributed by atoms with Crippen LogP contribution in [0.5, 0.6) is 5.75 Å². The topological polar surface area (TPSA) is 52.3 Å². The maximum absolute atomic E-state index is 13.5. The molecular weight excluding hydrogens is 240 g/mol. The summed E-state index contributed by atoms with van der Waals surface area (Å²) in [4.78, 5) is 11.9. The number of ether oxygens (including phenoxy) is 1. The van der Waals surface area contributed by atoms with Crippen LogP contribution in [-0.2, 0) is 5.92 Å². The Bertz CT molecular complexity index is 453. The van der Waals surface area contributed by atoms with E-state index in [0.717, 1.165) is 6.92 Å². The number of rotatable bonds is 5. The van der Waals surface area contributed by atoms with Crippen LogP contribution in [-0.4, -0.2) is 19.4 Å². The Morgan fingerprint density at radius 2 is 2.06 bits per heavy atom. The van der Waals surface area contributed by atoms with Crippen molar-refractivity contribution < 1.29 is 18.3 Å². The first-order valence-electron chi connectivity index (χ1n) is 5.61. The van der Waals surface area contributed by atoms with Crippen LogP contribution in [0, 0.1) is 6.92 Å². The number of aryl methyl sites for hydroxylation is 1. The third-order valence-electron chi connectivity index (χ3n) is 2.58. The normalized spacial score (nSPS) is 11.4. The predicted molar refractivity (Wildman–Crippen MR) is 65.3 cm³/mol. The van der Waals surface area contributed by atoms with E-state index in [1.54, 1.807) is 13.0 Å². The molecule has 0 amide bonds. The highest BCUT2D eigenvalue weighted by atomic mass is 19.3. The highest BCUT2D eigenvalue weighted by Crippen LogP contribution is 2.38. The highest BCUT2D eigenvalue weighted by Gasteiger charge is 2.31. The maximum Gasteiger partial charge on any atom is 0.274 e. The van der Waals surface area contributed by atoms with Crippen molar-refractivity contribution in [2.75, 3.05) is 13.7 Å². The summed E-state index contributed by atoms with van der Waals surface area (Å²) < 4.78 is 32.0. The number of methoxy groups -OCH3 is 1. The Hall–Kier alpha value is -1.49. The second kappa shape index (κ2) is 5.44. The molecule has 0 radical (unpaired) electrons. The zero-order valence-electron chi connectivity index (χ0n) is 10.7. The number of Topliss-reactive ketones (excluding diaryl/α,β-unsaturated/α-hetero) is 1. The number of hydrogen-bond donors (Lipinski definition) is 1. The Morgan fingerprint density at radius 1 is 1.44 bits per heavy atom. The molecule has 0 heterocycles. The summed E-state index contributed by atoms with van der Waals surface area (Å²) in [6, 6.07) is 2.88. The van der Waals surface area contributed by atoms with Crippen molar-refractivity contribution in [3.8, 4) is 5.75 Å². The first kappa shape index (κ1) is 14.6. The summed E-state index contributed by atoms with van der Waals surface area (Å²) in [7, 11) is 1.28. The van der Waals surface area contributed by atoms with E-state index in [2.05, 4.69) is 0 Å². The molecule has 0 spiro atoms. The summed E-state index contributed by atoms with van der Waals surface area (Å²) in [5.74, 6) is -3.41. The van der Waals surface area contributed by atoms with Gasteiger partial charge in [-0.05, 0) is 31.2 Å². The van der Waals surface area contributed by atoms with Crippen LogP contribution in [0.3, 0.4) is 0 Å². The predicted octanol–water partition coefficient (Wildman–Crippen LogP) is 2.65. The van der Waals surface area contributed by atoms with Crippen LogP contribution in [0.4, 0.5) is 8.78 Å². The molecule has 0 saturated carbocycles. The Kier molecular flexibility index (Phi) is 4.40. The van der Waals surface area contributed by atoms with Crippen molar-refractivity contribution in [2.24, 2.45) is 5.73 Å². The van der Waals surface area contributed by atoms with Crippen LogP contribution in [0.15, 0.2) is 12.1 Å². The Labute approximate surface area is 105 Å². The first-order chi connectivity index (χ1) is 8.31. The molecule has 0 bridgehead atoms. The minimum Gasteiger partial charge on any atom is -0.495 e. The smallest absolute Gasteiger partial charge is 0.274 e. The van der Waals surface area contributed by atoms with E-state index >= 15 is 0 Å². The fourth-order valence-electron chi connectivity index (χ4n) is 1.79. The van der Waals surface area contributed by atoms with Crippen molar-refractivity contribution in [2.45, 2.75) is 26.2 Å². The summed E-state index contributed by atoms with van der Waals surface area (Å²) in [6.07, 6.45) is 0.106. The van der Waals surface area contributed by atoms with Crippen LogP contribution >= 0.6 is 0 Å². The molecule has 3 nitrogen and oxygen atoms in total. The zero-order valence-corrected chi connectivity index (χ0v) is 10.7. The van der Waals surface area contributed by atoms with Crippen LogP contribution in [0.25, 0.3) is 0 Å². The molecule has 1 aromatic carbocycles. The fraction of sp³-hybridized carbons (Fsp3) is 0.462. The molecular formula is C13H17F2NO2. The molecule has 5 heteroatoms. The quantitative estimate of drug-likeness (QED) is 0.825. The van der Waals surface area contributed by atoms with Gasteiger partial charge in [-0.1, -0.05) is 0 Å². The molecule has 0 aliphatic carbocycles. The molecule has 0 atom stereocenters. The van der Waals surface area contributed by atoms with E-state index in [1.165, 1.54) is 13.2 Å². The number of nitrogens with two attached hydrogens (primary N) is 1. The van der Waals surface area contributed by atoms with Gasteiger partial charge >= 0.3 is 0 Å². The van der Waals surface area contributed by atoms with E-state index in [9.17, 15) is 13.6 Å². The molecule has 100 valence electrons. The van der Waals surface area contributed by atoms with E-state index in [-0.39, 0.29) is 35.6 Å². The minimum absolute atomic E-state index is 0.0634. The number of carbonyl (C=O) groups is 1. The zero-order chi connectivity index (χ0) is 13.9. The monoisotopic (exact) mass is 257 g/mol. The third-order valence-corrected chi connectivity index (χ3v) is 2.58. The molecule has 0 fully saturated rings. The molecule has 2 N–H and O–H groups in total. The van der Waals surface area contributed by atoms with Gasteiger partial charge in [0.2, 0.25) is 0 Å². The summed E-state index contributed by atoms with van der Waals surface area (Å²) in [5, 5.41) is 0. The second-order valence-electron chi connectivity index (χ2n) is 4.24. The second-order valence-corrected chi connectivity index (χ2v) is 4.24. The van der Waals surface area contributed by atoms with Crippen LogP contribution < -0.4 is 10.5 Å². The summed E-state index contributed by atoms with van der Waals surface area (Å²) >= 11 is 0. The van der Waals surface area contributed by atoms with Crippen molar-refractivity contribution in [3.05, 3.63) is 28.8 Å². The molecule has 18 heavy (non-hydrogen) atoms. The summed E-state index contributed by atoms with van der Waals surface area (Å²) in [6.45, 7) is 2.61. The first-order valence-corrected chi connectivity index (χ1v) is 5.61. The van der Waals surface area contributed by atoms with Crippen molar-refractivity contribution in [1.29, 1.82) is 0 Å². The molecule has 1 aromatic rings. The van der Waals surface area contributed by atoms with E-state index in [0.29, 0.717) is 5.56 Å². The standard InChI is InChI=1S/C13H17F2NO2/c1-8-6-9(11(17)4-5-16)12(18-3)10(7-8)13(2,14)15/h6-7H,4-5,16H2,1-3H3. The lowest BCUT2D eigenvalue weighted by Crippen LogP contribution is -2.15. The van der Waals surface area contributed by atoms with Crippen LogP contribution in [0.1, 0.15) is 34.8 Å². The van der Waals surface area contributed by atoms with Gasteiger partial charge in [0, 0.05) is 13.3 Å². The van der Waals surface area contributed by atoms with Crippen molar-refractivity contribution >= 4 is 5.78 Å². The Morgan fingerprint density at radius 3 is 2.50 bits per heavy atom. The van der Waals surface area contributed by atoms with Crippen molar-refractivity contribution in [1.82, 2.24) is 0 Å². The average molecular weight is 257 g/mol. The number of ketones is 1. The SMILES string of the molecule is COc1c(C(=O)CCN)cc(C)cc1C(C)(F)F. The molecule has 0 aliphatic heterocycles. The number of benzene rings is 1. The summed E-state index contributed by atoms with van der Waals surface area (Å²) in [5.41, 5.74) is 5.79. The molecule has 0 aliphatic rings. The van der Waals surface area contributed by atoms with Gasteiger partial charge in [-0.3, -0.25) is 4.79 Å². The fourth-order valence-corrected chi connectivity index (χ4v) is 1.79. The van der Waals surface area contributed by atoms with Gasteiger partial charge in [-0.25, -0.2) is 8.78 Å². The number of hydrogen-bond acceptors (Lipinski definition) is 3. The third kappa shape index (κ3) is 3.04. The number of halogens is 2.